The van der Waals surface area contributed by atoms with Gasteiger partial charge in [0.1, 0.15) is 23.3 Å². The number of imidazole rings is 1. The van der Waals surface area contributed by atoms with E-state index in [2.05, 4.69) is 31.6 Å². The van der Waals surface area contributed by atoms with Gasteiger partial charge in [0.25, 0.3) is 5.79 Å². The van der Waals surface area contributed by atoms with Crippen molar-refractivity contribution in [3.05, 3.63) is 76.6 Å². The van der Waals surface area contributed by atoms with Crippen LogP contribution in [0.5, 0.6) is 11.5 Å². The molecule has 0 saturated carbocycles. The molecule has 1 saturated heterocycles. The second-order valence-corrected chi connectivity index (χ2v) is 11.0. The third-order valence-corrected chi connectivity index (χ3v) is 8.09. The van der Waals surface area contributed by atoms with E-state index in [9.17, 15) is 5.26 Å². The molecule has 0 radical (unpaired) electrons. The average molecular weight is 559 g/mol. The van der Waals surface area contributed by atoms with Crippen LogP contribution >= 0.6 is 11.6 Å². The summed E-state index contributed by atoms with van der Waals surface area (Å²) in [6.45, 7) is 7.16. The van der Waals surface area contributed by atoms with Gasteiger partial charge in [0.05, 0.1) is 41.4 Å². The van der Waals surface area contributed by atoms with E-state index in [4.69, 9.17) is 30.8 Å². The van der Waals surface area contributed by atoms with E-state index < -0.39 is 5.79 Å². The van der Waals surface area contributed by atoms with Crippen molar-refractivity contribution < 1.29 is 14.2 Å². The Kier molecular flexibility index (Phi) is 7.09. The summed E-state index contributed by atoms with van der Waals surface area (Å²) in [7, 11) is 1.71. The fraction of sp³-hybridized carbons (Fsp3) is 0.400. The molecule has 9 nitrogen and oxygen atoms in total. The Labute approximate surface area is 238 Å². The van der Waals surface area contributed by atoms with Crippen LogP contribution in [0.15, 0.2) is 48.8 Å². The molecule has 1 fully saturated rings. The normalized spacial score (nSPS) is 20.1. The first-order valence-corrected chi connectivity index (χ1v) is 13.9. The van der Waals surface area contributed by atoms with Crippen LogP contribution in [0.4, 0.5) is 0 Å². The topological polar surface area (TPSA) is 98.3 Å². The lowest BCUT2D eigenvalue weighted by molar-refractivity contribution is -0.0722. The van der Waals surface area contributed by atoms with Gasteiger partial charge in [-0.15, -0.1) is 0 Å². The van der Waals surface area contributed by atoms with Crippen molar-refractivity contribution in [1.29, 1.82) is 5.26 Å². The first-order valence-electron chi connectivity index (χ1n) is 13.5. The van der Waals surface area contributed by atoms with Gasteiger partial charge in [-0.3, -0.25) is 9.88 Å². The van der Waals surface area contributed by atoms with Crippen LogP contribution in [0, 0.1) is 11.3 Å². The maximum Gasteiger partial charge on any atom is 0.292 e. The van der Waals surface area contributed by atoms with Gasteiger partial charge < -0.3 is 18.8 Å². The molecule has 10 heteroatoms. The van der Waals surface area contributed by atoms with Crippen molar-refractivity contribution in [1.82, 2.24) is 24.4 Å². The zero-order valence-corrected chi connectivity index (χ0v) is 23.6. The first-order chi connectivity index (χ1) is 19.4. The van der Waals surface area contributed by atoms with Gasteiger partial charge >= 0.3 is 0 Å². The number of fused-ring (bicyclic) bond motifs is 2. The SMILES string of the molecule is CO[C@H](C)Cn1c(CN2CCC(c3cccc4c3O[C@@](C)(c3ccc(Cl)cn3)O4)CC2)nc2cc(C#N)ncc21. The Bertz CT molecular complexity index is 1580. The van der Waals surface area contributed by atoms with Crippen molar-refractivity contribution in [2.45, 2.75) is 57.6 Å². The quantitative estimate of drug-likeness (QED) is 0.297. The number of ether oxygens (including phenoxy) is 3. The maximum absolute atomic E-state index is 9.29. The minimum atomic E-state index is -0.998. The highest BCUT2D eigenvalue weighted by Gasteiger charge is 2.42. The number of hydrogen-bond acceptors (Lipinski definition) is 8. The monoisotopic (exact) mass is 558 g/mol. The fourth-order valence-electron chi connectivity index (χ4n) is 5.61. The van der Waals surface area contributed by atoms with Gasteiger partial charge in [-0.05, 0) is 57.0 Å². The van der Waals surface area contributed by atoms with E-state index in [0.717, 1.165) is 54.3 Å². The zero-order chi connectivity index (χ0) is 27.9. The highest BCUT2D eigenvalue weighted by molar-refractivity contribution is 6.30. The number of aromatic nitrogens is 4. The van der Waals surface area contributed by atoms with Crippen LogP contribution in [-0.4, -0.2) is 50.7 Å². The van der Waals surface area contributed by atoms with Gasteiger partial charge in [-0.1, -0.05) is 23.7 Å². The molecule has 0 aliphatic carbocycles. The summed E-state index contributed by atoms with van der Waals surface area (Å²) in [4.78, 5) is 16.1. The van der Waals surface area contributed by atoms with Crippen molar-refractivity contribution in [3.8, 4) is 17.6 Å². The number of methoxy groups -OCH3 is 1. The van der Waals surface area contributed by atoms with Gasteiger partial charge in [-0.2, -0.15) is 5.26 Å². The Morgan fingerprint density at radius 2 is 2.00 bits per heavy atom. The number of piperidine rings is 1. The number of nitrogens with zero attached hydrogens (tertiary/aromatic N) is 6. The molecule has 40 heavy (non-hydrogen) atoms. The zero-order valence-electron chi connectivity index (χ0n) is 22.8. The lowest BCUT2D eigenvalue weighted by Crippen LogP contribution is -2.34. The number of likely N-dealkylation sites (tertiary alicyclic amines) is 1. The molecule has 206 valence electrons. The third kappa shape index (κ3) is 4.99. The average Bonchev–Trinajstić information content (AvgIpc) is 3.50. The fourth-order valence-corrected chi connectivity index (χ4v) is 5.72. The van der Waals surface area contributed by atoms with E-state index in [-0.39, 0.29) is 6.10 Å². The van der Waals surface area contributed by atoms with E-state index in [1.54, 1.807) is 31.6 Å². The predicted octanol–water partition coefficient (Wildman–Crippen LogP) is 5.41. The molecule has 0 unspecified atom stereocenters. The number of nitriles is 1. The minimum absolute atomic E-state index is 0.0219. The molecule has 1 aromatic carbocycles. The molecule has 2 atom stereocenters. The summed E-state index contributed by atoms with van der Waals surface area (Å²) in [5.41, 5.74) is 3.93. The highest BCUT2D eigenvalue weighted by atomic mass is 35.5. The molecule has 0 spiro atoms. The lowest BCUT2D eigenvalue weighted by atomic mass is 9.88. The Hall–Kier alpha value is -3.71. The molecule has 2 aliphatic rings. The first kappa shape index (κ1) is 26.5. The highest BCUT2D eigenvalue weighted by Crippen LogP contribution is 2.49. The summed E-state index contributed by atoms with van der Waals surface area (Å²) in [6.07, 6.45) is 5.35. The largest absolute Gasteiger partial charge is 0.443 e. The second-order valence-electron chi connectivity index (χ2n) is 10.6. The van der Waals surface area contributed by atoms with Crippen LogP contribution in [0.1, 0.15) is 55.4 Å². The van der Waals surface area contributed by atoms with Crippen LogP contribution in [0.3, 0.4) is 0 Å². The van der Waals surface area contributed by atoms with Gasteiger partial charge in [0.15, 0.2) is 11.5 Å². The van der Waals surface area contributed by atoms with E-state index >= 15 is 0 Å². The Morgan fingerprint density at radius 3 is 2.73 bits per heavy atom. The summed E-state index contributed by atoms with van der Waals surface area (Å²) < 4.78 is 20.4. The molecule has 0 amide bonds. The van der Waals surface area contributed by atoms with Crippen molar-refractivity contribution in [3.63, 3.8) is 0 Å². The van der Waals surface area contributed by atoms with Gasteiger partial charge in [0.2, 0.25) is 0 Å². The maximum atomic E-state index is 9.29. The van der Waals surface area contributed by atoms with Crippen LogP contribution < -0.4 is 9.47 Å². The molecule has 2 aliphatic heterocycles. The molecule has 6 rings (SSSR count). The van der Waals surface area contributed by atoms with Gasteiger partial charge in [-0.25, -0.2) is 9.97 Å². The smallest absolute Gasteiger partial charge is 0.292 e. The standard InChI is InChI=1S/C30H31ClN6O3/c1-19(38-3)17-37-25-16-33-22(14-32)13-24(25)35-28(37)18-36-11-9-20(10-12-36)23-5-4-6-26-29(23)40-30(2,39-26)27-8-7-21(31)15-34-27/h4-8,13,15-16,19-20H,9-12,17-18H2,1-3H3/t19-,30+/m1/s1. The Balaban J connectivity index is 1.18. The van der Waals surface area contributed by atoms with E-state index in [0.29, 0.717) is 35.4 Å². The number of rotatable bonds is 7. The van der Waals surface area contributed by atoms with Crippen LogP contribution in [0.2, 0.25) is 5.02 Å². The number of pyridine rings is 2. The molecular formula is C30H31ClN6O3. The summed E-state index contributed by atoms with van der Waals surface area (Å²) in [5, 5.41) is 9.86. The Morgan fingerprint density at radius 1 is 1.18 bits per heavy atom. The van der Waals surface area contributed by atoms with Crippen LogP contribution in [0.25, 0.3) is 11.0 Å². The van der Waals surface area contributed by atoms with Crippen molar-refractivity contribution in [2.75, 3.05) is 20.2 Å². The lowest BCUT2D eigenvalue weighted by Gasteiger charge is -2.32. The molecule has 0 bridgehead atoms. The van der Waals surface area contributed by atoms with Crippen molar-refractivity contribution >= 4 is 22.6 Å². The number of halogens is 1. The number of para-hydroxylation sites is 1. The number of hydrogen-bond donors (Lipinski definition) is 0. The van der Waals surface area contributed by atoms with E-state index in [1.807, 2.05) is 32.0 Å². The predicted molar refractivity (Wildman–Crippen MR) is 150 cm³/mol. The molecule has 5 heterocycles. The summed E-state index contributed by atoms with van der Waals surface area (Å²) in [5.74, 6) is 1.85. The molecule has 4 aromatic rings. The third-order valence-electron chi connectivity index (χ3n) is 7.87. The molecular weight excluding hydrogens is 528 g/mol. The molecule has 0 N–H and O–H groups in total. The minimum Gasteiger partial charge on any atom is -0.443 e. The molecule has 3 aromatic heterocycles. The van der Waals surface area contributed by atoms with E-state index in [1.165, 1.54) is 5.56 Å². The summed E-state index contributed by atoms with van der Waals surface area (Å²) >= 11 is 6.04. The van der Waals surface area contributed by atoms with Crippen molar-refractivity contribution in [2.24, 2.45) is 0 Å². The van der Waals surface area contributed by atoms with Crippen LogP contribution in [-0.2, 0) is 23.6 Å². The van der Waals surface area contributed by atoms with Gasteiger partial charge in [0, 0.05) is 31.9 Å². The second kappa shape index (κ2) is 10.7. The number of benzene rings is 1. The summed E-state index contributed by atoms with van der Waals surface area (Å²) in [6, 6.07) is 13.6.